The number of ether oxygens (including phenoxy) is 1. The fourth-order valence-electron chi connectivity index (χ4n) is 13.2. The molecular weight excluding hydrogens is 1070 g/mol. The lowest BCUT2D eigenvalue weighted by Gasteiger charge is -2.20. The molecule has 0 bridgehead atoms. The highest BCUT2D eigenvalue weighted by atomic mass is 16.5. The quantitative estimate of drug-likeness (QED) is 0.0320. The van der Waals surface area contributed by atoms with Crippen molar-refractivity contribution in [3.63, 3.8) is 0 Å². The van der Waals surface area contributed by atoms with Crippen LogP contribution in [-0.4, -0.2) is 47.4 Å². The minimum atomic E-state index is -0.841. The number of hydrogen-bond donors (Lipinski definition) is 3. The van der Waals surface area contributed by atoms with Crippen LogP contribution in [0.2, 0.25) is 0 Å². The van der Waals surface area contributed by atoms with E-state index in [4.69, 9.17) is 4.74 Å². The second-order valence-corrected chi connectivity index (χ2v) is 28.1. The topological polar surface area (TPSA) is 95.9 Å². The third-order valence-corrected chi connectivity index (χ3v) is 19.3. The number of amides is 1. The predicted molar refractivity (Wildman–Crippen MR) is 384 cm³/mol. The molecule has 2 unspecified atom stereocenters. The van der Waals surface area contributed by atoms with Gasteiger partial charge in [0.15, 0.2) is 0 Å². The second kappa shape index (κ2) is 77.1. The Morgan fingerprint density at radius 1 is 0.310 bits per heavy atom. The van der Waals surface area contributed by atoms with Gasteiger partial charge in [-0.15, -0.1) is 0 Å². The molecule has 1 amide bonds. The van der Waals surface area contributed by atoms with Gasteiger partial charge in [-0.1, -0.05) is 437 Å². The van der Waals surface area contributed by atoms with Gasteiger partial charge < -0.3 is 20.3 Å². The van der Waals surface area contributed by atoms with Gasteiger partial charge >= 0.3 is 5.97 Å². The SMILES string of the molecule is CCCCCCCCCCCCCCCCCCCCCC/C=C/C(O)C(CO)NC(=O)CCCCCCCCCCCCCCCCCCCCCCCCCCCCCCCCCCCCCCCOC(=O)CCCCCCCCCCCCC. The lowest BCUT2D eigenvalue weighted by atomic mass is 10.0. The Hall–Kier alpha value is -1.40. The van der Waals surface area contributed by atoms with Crippen LogP contribution in [0.1, 0.15) is 470 Å². The average molecular weight is 1230 g/mol. The van der Waals surface area contributed by atoms with Crippen LogP contribution in [0, 0.1) is 0 Å². The molecule has 0 aromatic heterocycles. The zero-order valence-electron chi connectivity index (χ0n) is 59.5. The van der Waals surface area contributed by atoms with Gasteiger partial charge in [0.05, 0.1) is 25.4 Å². The number of aliphatic hydroxyl groups is 2. The number of allylic oxidation sites excluding steroid dienone is 1. The summed E-state index contributed by atoms with van der Waals surface area (Å²) in [4.78, 5) is 24.6. The van der Waals surface area contributed by atoms with Crippen LogP contribution in [0.5, 0.6) is 0 Å². The Bertz CT molecular complexity index is 1320. The van der Waals surface area contributed by atoms with Gasteiger partial charge in [0.25, 0.3) is 0 Å². The van der Waals surface area contributed by atoms with Crippen LogP contribution in [0.4, 0.5) is 0 Å². The summed E-state index contributed by atoms with van der Waals surface area (Å²) < 4.78 is 5.48. The van der Waals surface area contributed by atoms with Crippen molar-refractivity contribution in [1.82, 2.24) is 5.32 Å². The molecule has 6 nitrogen and oxygen atoms in total. The summed E-state index contributed by atoms with van der Waals surface area (Å²) in [5, 5.41) is 23.3. The maximum atomic E-state index is 12.5. The molecule has 0 saturated heterocycles. The average Bonchev–Trinajstić information content (AvgIpc) is 3.52. The third kappa shape index (κ3) is 73.5. The summed E-state index contributed by atoms with van der Waals surface area (Å²) in [5.74, 6) is -0.0328. The predicted octanol–water partition coefficient (Wildman–Crippen LogP) is 26.7. The van der Waals surface area contributed by atoms with E-state index in [1.165, 1.54) is 405 Å². The molecule has 0 aliphatic rings. The maximum absolute atomic E-state index is 12.5. The number of carbonyl (C=O) groups excluding carboxylic acids is 2. The number of esters is 1. The van der Waals surface area contributed by atoms with Crippen molar-refractivity contribution in [1.29, 1.82) is 0 Å². The van der Waals surface area contributed by atoms with Gasteiger partial charge in [0.1, 0.15) is 0 Å². The molecule has 518 valence electrons. The number of hydrogen-bond acceptors (Lipinski definition) is 5. The number of aliphatic hydroxyl groups excluding tert-OH is 2. The molecule has 0 aromatic rings. The maximum Gasteiger partial charge on any atom is 0.305 e. The van der Waals surface area contributed by atoms with E-state index in [1.54, 1.807) is 6.08 Å². The molecule has 2 atom stereocenters. The Labute approximate surface area is 546 Å². The highest BCUT2D eigenvalue weighted by Crippen LogP contribution is 2.21. The molecule has 0 aromatic carbocycles. The summed E-state index contributed by atoms with van der Waals surface area (Å²) >= 11 is 0. The Morgan fingerprint density at radius 2 is 0.529 bits per heavy atom. The highest BCUT2D eigenvalue weighted by molar-refractivity contribution is 5.76. The molecule has 0 aliphatic heterocycles. The zero-order chi connectivity index (χ0) is 62.8. The number of carbonyl (C=O) groups is 2. The zero-order valence-corrected chi connectivity index (χ0v) is 59.5. The Kier molecular flexibility index (Phi) is 75.8. The van der Waals surface area contributed by atoms with Gasteiger partial charge in [-0.2, -0.15) is 0 Å². The molecule has 0 heterocycles. The van der Waals surface area contributed by atoms with Crippen molar-refractivity contribution in [2.45, 2.75) is 482 Å². The molecule has 6 heteroatoms. The number of unbranched alkanes of at least 4 members (excludes halogenated alkanes) is 66. The van der Waals surface area contributed by atoms with Crippen molar-refractivity contribution in [2.75, 3.05) is 13.2 Å². The third-order valence-electron chi connectivity index (χ3n) is 19.3. The van der Waals surface area contributed by atoms with E-state index < -0.39 is 12.1 Å². The molecule has 87 heavy (non-hydrogen) atoms. The first-order valence-corrected chi connectivity index (χ1v) is 40.5. The standard InChI is InChI=1S/C81H159NO5/c1-3-5-7-9-11-13-15-16-17-18-19-20-38-41-44-47-50-54-57-61-65-69-73-79(84)78(77-83)82-80(85)74-70-66-62-58-55-51-48-45-42-39-36-34-32-30-28-26-24-22-21-23-25-27-29-31-33-35-37-40-43-46-49-52-56-60-64-68-72-76-87-81(86)75-71-67-63-59-53-14-12-10-8-6-4-2/h69,73,78-79,83-84H,3-68,70-72,74-77H2,1-2H3,(H,82,85)/b73-69+. The van der Waals surface area contributed by atoms with E-state index in [0.29, 0.717) is 19.4 Å². The van der Waals surface area contributed by atoms with Crippen molar-refractivity contribution in [3.05, 3.63) is 12.2 Å². The van der Waals surface area contributed by atoms with E-state index in [0.717, 1.165) is 38.5 Å². The molecule has 0 saturated carbocycles. The van der Waals surface area contributed by atoms with Crippen LogP contribution in [0.3, 0.4) is 0 Å². The lowest BCUT2D eigenvalue weighted by molar-refractivity contribution is -0.143. The highest BCUT2D eigenvalue weighted by Gasteiger charge is 2.18. The van der Waals surface area contributed by atoms with Crippen molar-refractivity contribution in [3.8, 4) is 0 Å². The summed E-state index contributed by atoms with van der Waals surface area (Å²) in [6.07, 6.45) is 97.8. The monoisotopic (exact) mass is 1230 g/mol. The first kappa shape index (κ1) is 85.6. The summed E-state index contributed by atoms with van der Waals surface area (Å²) in [6.45, 7) is 4.96. The van der Waals surface area contributed by atoms with Crippen LogP contribution in [-0.2, 0) is 14.3 Å². The Morgan fingerprint density at radius 3 is 0.782 bits per heavy atom. The molecule has 0 spiro atoms. The van der Waals surface area contributed by atoms with Gasteiger partial charge in [-0.3, -0.25) is 9.59 Å². The van der Waals surface area contributed by atoms with Gasteiger partial charge in [-0.05, 0) is 32.1 Å². The van der Waals surface area contributed by atoms with Crippen LogP contribution < -0.4 is 5.32 Å². The first-order valence-electron chi connectivity index (χ1n) is 40.5. The summed E-state index contributed by atoms with van der Waals surface area (Å²) in [5.41, 5.74) is 0. The molecule has 0 aliphatic carbocycles. The fourth-order valence-corrected chi connectivity index (χ4v) is 13.2. The van der Waals surface area contributed by atoms with Crippen LogP contribution in [0.25, 0.3) is 0 Å². The smallest absolute Gasteiger partial charge is 0.305 e. The van der Waals surface area contributed by atoms with E-state index in [-0.39, 0.29) is 18.5 Å². The fraction of sp³-hybridized carbons (Fsp3) is 0.951. The van der Waals surface area contributed by atoms with Gasteiger partial charge in [-0.25, -0.2) is 0 Å². The van der Waals surface area contributed by atoms with Crippen LogP contribution >= 0.6 is 0 Å². The van der Waals surface area contributed by atoms with E-state index in [1.807, 2.05) is 6.08 Å². The van der Waals surface area contributed by atoms with Crippen molar-refractivity contribution >= 4 is 11.9 Å². The minimum absolute atomic E-state index is 0.0239. The largest absolute Gasteiger partial charge is 0.466 e. The van der Waals surface area contributed by atoms with Crippen LogP contribution in [0.15, 0.2) is 12.2 Å². The molecule has 0 radical (unpaired) electrons. The van der Waals surface area contributed by atoms with E-state index in [2.05, 4.69) is 19.2 Å². The molecule has 0 fully saturated rings. The Balaban J connectivity index is 3.32. The molecule has 3 N–H and O–H groups in total. The van der Waals surface area contributed by atoms with Crippen molar-refractivity contribution < 1.29 is 24.5 Å². The summed E-state index contributed by atoms with van der Waals surface area (Å²) in [6, 6.07) is -0.624. The van der Waals surface area contributed by atoms with Gasteiger partial charge in [0.2, 0.25) is 5.91 Å². The second-order valence-electron chi connectivity index (χ2n) is 28.1. The lowest BCUT2D eigenvalue weighted by Crippen LogP contribution is -2.45. The van der Waals surface area contributed by atoms with E-state index >= 15 is 0 Å². The van der Waals surface area contributed by atoms with Gasteiger partial charge in [0, 0.05) is 12.8 Å². The van der Waals surface area contributed by atoms with Crippen molar-refractivity contribution in [2.24, 2.45) is 0 Å². The normalized spacial score (nSPS) is 12.5. The number of nitrogens with one attached hydrogen (secondary N) is 1. The summed E-state index contributed by atoms with van der Waals surface area (Å²) in [7, 11) is 0. The minimum Gasteiger partial charge on any atom is -0.466 e. The number of rotatable bonds is 77. The van der Waals surface area contributed by atoms with E-state index in [9.17, 15) is 19.8 Å². The first-order chi connectivity index (χ1) is 43.0. The molecule has 0 rings (SSSR count). The molecular formula is C81H159NO5.